The lowest BCUT2D eigenvalue weighted by Gasteiger charge is -2.42. The molecule has 0 aliphatic carbocycles. The Bertz CT molecular complexity index is 936. The summed E-state index contributed by atoms with van der Waals surface area (Å²) in [5.74, 6) is -0.499. The highest BCUT2D eigenvalue weighted by atomic mass is 19.1. The number of morpholine rings is 1. The van der Waals surface area contributed by atoms with Crippen LogP contribution in [0.1, 0.15) is 42.6 Å². The summed E-state index contributed by atoms with van der Waals surface area (Å²) < 4.78 is 19.2. The molecule has 0 unspecified atom stereocenters. The minimum absolute atomic E-state index is 0.129. The van der Waals surface area contributed by atoms with Gasteiger partial charge in [0.25, 0.3) is 5.91 Å². The molecular formula is C27H37FN4O2. The number of amides is 1. The Kier molecular flexibility index (Phi) is 8.19. The third kappa shape index (κ3) is 6.34. The van der Waals surface area contributed by atoms with Crippen LogP contribution in [-0.4, -0.2) is 68.3 Å². The normalized spacial score (nSPS) is 18.1. The van der Waals surface area contributed by atoms with Crippen molar-refractivity contribution >= 4 is 11.6 Å². The Morgan fingerprint density at radius 1 is 1.03 bits per heavy atom. The number of hydrogen-bond acceptors (Lipinski definition) is 5. The zero-order chi connectivity index (χ0) is 24.0. The quantitative estimate of drug-likeness (QED) is 0.622. The molecule has 0 spiro atoms. The smallest absolute Gasteiger partial charge is 0.251 e. The van der Waals surface area contributed by atoms with Gasteiger partial charge in [-0.1, -0.05) is 18.2 Å². The maximum absolute atomic E-state index is 13.8. The van der Waals surface area contributed by atoms with Crippen molar-refractivity contribution in [2.75, 3.05) is 50.8 Å². The van der Waals surface area contributed by atoms with E-state index in [2.05, 4.69) is 34.3 Å². The Balaban J connectivity index is 1.22. The number of carbonyl (C=O) groups excluding carboxylic acids is 1. The summed E-state index contributed by atoms with van der Waals surface area (Å²) in [6.45, 7) is 11.4. The lowest BCUT2D eigenvalue weighted by Crippen LogP contribution is -2.56. The topological polar surface area (TPSA) is 56.8 Å². The van der Waals surface area contributed by atoms with E-state index in [1.54, 1.807) is 18.2 Å². The fourth-order valence-corrected chi connectivity index (χ4v) is 4.76. The van der Waals surface area contributed by atoms with Gasteiger partial charge in [0.15, 0.2) is 0 Å². The van der Waals surface area contributed by atoms with Crippen molar-refractivity contribution in [3.05, 3.63) is 65.5 Å². The predicted molar refractivity (Wildman–Crippen MR) is 134 cm³/mol. The van der Waals surface area contributed by atoms with E-state index in [0.717, 1.165) is 64.5 Å². The standard InChI is InChI=1S/C27H37FN4O2/c1-27(2,32-15-17-34-18-16-32)20-30-23-11-13-31(14-12-23)24-9-7-21(8-10-24)26(33)29-19-22-5-3-4-6-25(22)28/h3-10,23,30H,11-20H2,1-2H3,(H,29,33). The lowest BCUT2D eigenvalue weighted by molar-refractivity contribution is -0.0105. The van der Waals surface area contributed by atoms with Gasteiger partial charge in [-0.15, -0.1) is 0 Å². The number of halogens is 1. The number of ether oxygens (including phenoxy) is 1. The van der Waals surface area contributed by atoms with Crippen LogP contribution < -0.4 is 15.5 Å². The van der Waals surface area contributed by atoms with E-state index in [4.69, 9.17) is 4.74 Å². The van der Waals surface area contributed by atoms with E-state index in [0.29, 0.717) is 17.2 Å². The van der Waals surface area contributed by atoms with Crippen LogP contribution in [0.25, 0.3) is 0 Å². The summed E-state index contributed by atoms with van der Waals surface area (Å²) in [5.41, 5.74) is 2.33. The molecular weight excluding hydrogens is 431 g/mol. The lowest BCUT2D eigenvalue weighted by atomic mass is 9.99. The highest BCUT2D eigenvalue weighted by molar-refractivity contribution is 5.94. The molecule has 2 saturated heterocycles. The summed E-state index contributed by atoms with van der Waals surface area (Å²) in [6.07, 6.45) is 2.20. The maximum atomic E-state index is 13.8. The highest BCUT2D eigenvalue weighted by Gasteiger charge is 2.29. The van der Waals surface area contributed by atoms with E-state index < -0.39 is 0 Å². The summed E-state index contributed by atoms with van der Waals surface area (Å²) in [5, 5.41) is 6.60. The van der Waals surface area contributed by atoms with Gasteiger partial charge in [-0.05, 0) is 57.0 Å². The Labute approximate surface area is 202 Å². The van der Waals surface area contributed by atoms with Crippen LogP contribution in [0.2, 0.25) is 0 Å². The number of nitrogens with one attached hydrogen (secondary N) is 2. The Morgan fingerprint density at radius 3 is 2.38 bits per heavy atom. The van der Waals surface area contributed by atoms with Crippen molar-refractivity contribution in [3.8, 4) is 0 Å². The summed E-state index contributed by atoms with van der Waals surface area (Å²) >= 11 is 0. The number of piperidine rings is 1. The molecule has 2 N–H and O–H groups in total. The van der Waals surface area contributed by atoms with Crippen LogP contribution in [0.5, 0.6) is 0 Å². The second-order valence-electron chi connectivity index (χ2n) is 9.88. The van der Waals surface area contributed by atoms with Crippen LogP contribution in [0.3, 0.4) is 0 Å². The van der Waals surface area contributed by atoms with Gasteiger partial charge in [-0.3, -0.25) is 9.69 Å². The average molecular weight is 469 g/mol. The van der Waals surface area contributed by atoms with Gasteiger partial charge < -0.3 is 20.3 Å². The SMILES string of the molecule is CC(C)(CNC1CCN(c2ccc(C(=O)NCc3ccccc3F)cc2)CC1)N1CCOCC1. The molecule has 0 bridgehead atoms. The molecule has 2 aliphatic heterocycles. The van der Waals surface area contributed by atoms with Crippen molar-refractivity contribution in [2.24, 2.45) is 0 Å². The number of hydrogen-bond donors (Lipinski definition) is 2. The summed E-state index contributed by atoms with van der Waals surface area (Å²) in [6, 6.07) is 14.7. The van der Waals surface area contributed by atoms with Crippen molar-refractivity contribution in [2.45, 2.75) is 44.8 Å². The molecule has 6 nitrogen and oxygen atoms in total. The average Bonchev–Trinajstić information content (AvgIpc) is 2.88. The molecule has 4 rings (SSSR count). The van der Waals surface area contributed by atoms with Crippen molar-refractivity contribution in [1.29, 1.82) is 0 Å². The van der Waals surface area contributed by atoms with E-state index in [1.165, 1.54) is 6.07 Å². The maximum Gasteiger partial charge on any atom is 0.251 e. The highest BCUT2D eigenvalue weighted by Crippen LogP contribution is 2.22. The van der Waals surface area contributed by atoms with E-state index in [9.17, 15) is 9.18 Å². The third-order valence-corrected chi connectivity index (χ3v) is 7.08. The second-order valence-corrected chi connectivity index (χ2v) is 9.88. The first-order chi connectivity index (χ1) is 16.4. The van der Waals surface area contributed by atoms with Gasteiger partial charge in [-0.2, -0.15) is 0 Å². The van der Waals surface area contributed by atoms with Crippen LogP contribution in [-0.2, 0) is 11.3 Å². The molecule has 0 atom stereocenters. The first-order valence-electron chi connectivity index (χ1n) is 12.4. The third-order valence-electron chi connectivity index (χ3n) is 7.08. The summed E-state index contributed by atoms with van der Waals surface area (Å²) in [7, 11) is 0. The number of nitrogens with zero attached hydrogens (tertiary/aromatic N) is 2. The molecule has 2 aliphatic rings. The monoisotopic (exact) mass is 468 g/mol. The van der Waals surface area contributed by atoms with E-state index in [1.807, 2.05) is 24.3 Å². The molecule has 34 heavy (non-hydrogen) atoms. The van der Waals surface area contributed by atoms with Crippen LogP contribution >= 0.6 is 0 Å². The fraction of sp³-hybridized carbons (Fsp3) is 0.519. The van der Waals surface area contributed by atoms with Crippen LogP contribution in [0.4, 0.5) is 10.1 Å². The molecule has 1 amide bonds. The molecule has 2 fully saturated rings. The summed E-state index contributed by atoms with van der Waals surface area (Å²) in [4.78, 5) is 17.4. The van der Waals surface area contributed by atoms with Crippen LogP contribution in [0, 0.1) is 5.82 Å². The van der Waals surface area contributed by atoms with Gasteiger partial charge in [0, 0.05) is 67.7 Å². The van der Waals surface area contributed by atoms with E-state index in [-0.39, 0.29) is 23.8 Å². The van der Waals surface area contributed by atoms with Gasteiger partial charge in [0.1, 0.15) is 5.82 Å². The first kappa shape index (κ1) is 24.6. The zero-order valence-corrected chi connectivity index (χ0v) is 20.4. The van der Waals surface area contributed by atoms with Crippen molar-refractivity contribution in [3.63, 3.8) is 0 Å². The molecule has 2 aromatic carbocycles. The van der Waals surface area contributed by atoms with Gasteiger partial charge in [-0.25, -0.2) is 4.39 Å². The van der Waals surface area contributed by atoms with Gasteiger partial charge >= 0.3 is 0 Å². The second kappa shape index (κ2) is 11.3. The van der Waals surface area contributed by atoms with Crippen molar-refractivity contribution < 1.29 is 13.9 Å². The zero-order valence-electron chi connectivity index (χ0n) is 20.4. The minimum Gasteiger partial charge on any atom is -0.379 e. The van der Waals surface area contributed by atoms with Gasteiger partial charge in [0.2, 0.25) is 0 Å². The van der Waals surface area contributed by atoms with Crippen LogP contribution in [0.15, 0.2) is 48.5 Å². The molecule has 2 heterocycles. The van der Waals surface area contributed by atoms with Crippen molar-refractivity contribution in [1.82, 2.24) is 15.5 Å². The number of rotatable bonds is 8. The predicted octanol–water partition coefficient (Wildman–Crippen LogP) is 3.42. The molecule has 0 saturated carbocycles. The Hall–Kier alpha value is -2.48. The molecule has 7 heteroatoms. The first-order valence-corrected chi connectivity index (χ1v) is 12.4. The number of benzene rings is 2. The minimum atomic E-state index is -0.305. The Morgan fingerprint density at radius 2 is 1.71 bits per heavy atom. The fourth-order valence-electron chi connectivity index (χ4n) is 4.76. The largest absolute Gasteiger partial charge is 0.379 e. The number of anilines is 1. The van der Waals surface area contributed by atoms with Gasteiger partial charge in [0.05, 0.1) is 13.2 Å². The number of carbonyl (C=O) groups is 1. The molecule has 0 aromatic heterocycles. The molecule has 2 aromatic rings. The molecule has 184 valence electrons. The van der Waals surface area contributed by atoms with E-state index >= 15 is 0 Å². The molecule has 0 radical (unpaired) electrons.